The predicted molar refractivity (Wildman–Crippen MR) is 63.9 cm³/mol. The number of carbonyl (C=O) groups excluding carboxylic acids is 1. The van der Waals surface area contributed by atoms with Crippen LogP contribution in [0.2, 0.25) is 0 Å². The second kappa shape index (κ2) is 5.13. The summed E-state index contributed by atoms with van der Waals surface area (Å²) in [5.74, 6) is 4.27. The molecule has 1 aromatic rings. The Morgan fingerprint density at radius 1 is 1.61 bits per heavy atom. The first-order valence-corrected chi connectivity index (χ1v) is 5.65. The normalized spacial score (nSPS) is 19.7. The van der Waals surface area contributed by atoms with Crippen LogP contribution in [0.15, 0.2) is 6.20 Å². The van der Waals surface area contributed by atoms with E-state index < -0.39 is 5.82 Å². The Hall–Kier alpha value is -1.96. The third-order valence-electron chi connectivity index (χ3n) is 2.98. The van der Waals surface area contributed by atoms with Crippen LogP contribution in [0.1, 0.15) is 12.8 Å². The van der Waals surface area contributed by atoms with Crippen LogP contribution >= 0.6 is 0 Å². The first kappa shape index (κ1) is 12.5. The summed E-state index contributed by atoms with van der Waals surface area (Å²) in [6.07, 6.45) is 2.54. The monoisotopic (exact) mass is 254 g/mol. The lowest BCUT2D eigenvalue weighted by Gasteiger charge is -2.32. The molecule has 1 atom stereocenters. The van der Waals surface area contributed by atoms with Gasteiger partial charge in [-0.1, -0.05) is 0 Å². The number of aromatic nitrogens is 2. The number of nitrogens with two attached hydrogens (primary N) is 2. The number of amides is 1. The van der Waals surface area contributed by atoms with E-state index in [0.717, 1.165) is 19.0 Å². The van der Waals surface area contributed by atoms with Gasteiger partial charge in [0.1, 0.15) is 0 Å². The Labute approximate surface area is 103 Å². The molecular weight excluding hydrogens is 239 g/mol. The first-order chi connectivity index (χ1) is 8.61. The van der Waals surface area contributed by atoms with Crippen LogP contribution in [-0.2, 0) is 4.79 Å². The van der Waals surface area contributed by atoms with Gasteiger partial charge in [-0.05, 0) is 12.8 Å². The maximum atomic E-state index is 13.7. The van der Waals surface area contributed by atoms with Crippen LogP contribution in [0.4, 0.5) is 16.2 Å². The molecular formula is C10H15FN6O. The van der Waals surface area contributed by atoms with Crippen molar-refractivity contribution >= 4 is 17.7 Å². The molecule has 1 saturated heterocycles. The fourth-order valence-electron chi connectivity index (χ4n) is 2.05. The minimum atomic E-state index is -0.542. The number of halogens is 1. The number of anilines is 2. The van der Waals surface area contributed by atoms with E-state index in [4.69, 9.17) is 11.6 Å². The van der Waals surface area contributed by atoms with Crippen molar-refractivity contribution in [3.63, 3.8) is 0 Å². The molecule has 0 saturated carbocycles. The molecule has 8 heteroatoms. The number of piperidine rings is 1. The average Bonchev–Trinajstić information content (AvgIpc) is 2.39. The molecule has 18 heavy (non-hydrogen) atoms. The molecule has 0 bridgehead atoms. The Balaban J connectivity index is 2.22. The molecule has 7 nitrogen and oxygen atoms in total. The van der Waals surface area contributed by atoms with E-state index in [0.29, 0.717) is 13.1 Å². The van der Waals surface area contributed by atoms with Crippen molar-refractivity contribution in [2.75, 3.05) is 23.4 Å². The van der Waals surface area contributed by atoms with Gasteiger partial charge in [-0.25, -0.2) is 15.2 Å². The van der Waals surface area contributed by atoms with E-state index in [1.54, 1.807) is 4.90 Å². The summed E-state index contributed by atoms with van der Waals surface area (Å²) in [4.78, 5) is 20.5. The van der Waals surface area contributed by atoms with Gasteiger partial charge < -0.3 is 10.6 Å². The molecule has 0 spiro atoms. The molecule has 1 aliphatic heterocycles. The number of rotatable bonds is 3. The van der Waals surface area contributed by atoms with Crippen LogP contribution in [0.25, 0.3) is 0 Å². The zero-order valence-electron chi connectivity index (χ0n) is 9.77. The second-order valence-electron chi connectivity index (χ2n) is 4.20. The number of carbonyl (C=O) groups is 1. The van der Waals surface area contributed by atoms with Crippen molar-refractivity contribution in [3.05, 3.63) is 12.0 Å². The Kier molecular flexibility index (Phi) is 3.56. The minimum Gasteiger partial charge on any atom is -0.369 e. The van der Waals surface area contributed by atoms with Crippen molar-refractivity contribution in [2.45, 2.75) is 12.8 Å². The third kappa shape index (κ3) is 2.48. The molecule has 1 fully saturated rings. The summed E-state index contributed by atoms with van der Waals surface area (Å²) >= 11 is 0. The number of hydrogen-bond acceptors (Lipinski definition) is 6. The highest BCUT2D eigenvalue weighted by Crippen LogP contribution is 2.24. The van der Waals surface area contributed by atoms with Gasteiger partial charge in [-0.3, -0.25) is 10.2 Å². The molecule has 98 valence electrons. The SMILES string of the molecule is NNc1ncc(F)c(N2CCCC(C(N)=O)C2)n1. The van der Waals surface area contributed by atoms with E-state index >= 15 is 0 Å². The first-order valence-electron chi connectivity index (χ1n) is 5.65. The van der Waals surface area contributed by atoms with Gasteiger partial charge >= 0.3 is 0 Å². The van der Waals surface area contributed by atoms with Gasteiger partial charge in [0, 0.05) is 13.1 Å². The molecule has 1 unspecified atom stereocenters. The van der Waals surface area contributed by atoms with Crippen LogP contribution in [0, 0.1) is 11.7 Å². The summed E-state index contributed by atoms with van der Waals surface area (Å²) in [6, 6.07) is 0. The van der Waals surface area contributed by atoms with Gasteiger partial charge in [0.2, 0.25) is 11.9 Å². The fourth-order valence-corrected chi connectivity index (χ4v) is 2.05. The van der Waals surface area contributed by atoms with Crippen LogP contribution in [-0.4, -0.2) is 29.0 Å². The molecule has 1 aliphatic rings. The van der Waals surface area contributed by atoms with Crippen LogP contribution in [0.3, 0.4) is 0 Å². The lowest BCUT2D eigenvalue weighted by Crippen LogP contribution is -2.42. The Morgan fingerprint density at radius 3 is 3.06 bits per heavy atom. The highest BCUT2D eigenvalue weighted by atomic mass is 19.1. The van der Waals surface area contributed by atoms with Crippen molar-refractivity contribution in [1.29, 1.82) is 0 Å². The number of primary amides is 1. The van der Waals surface area contributed by atoms with Gasteiger partial charge in [0.05, 0.1) is 12.1 Å². The lowest BCUT2D eigenvalue weighted by atomic mass is 9.97. The number of hydrogen-bond donors (Lipinski definition) is 3. The zero-order chi connectivity index (χ0) is 13.1. The van der Waals surface area contributed by atoms with Crippen molar-refractivity contribution in [1.82, 2.24) is 9.97 Å². The molecule has 2 rings (SSSR count). The maximum Gasteiger partial charge on any atom is 0.239 e. The van der Waals surface area contributed by atoms with Crippen molar-refractivity contribution in [3.8, 4) is 0 Å². The largest absolute Gasteiger partial charge is 0.369 e. The fraction of sp³-hybridized carbons (Fsp3) is 0.500. The highest BCUT2D eigenvalue weighted by molar-refractivity contribution is 5.77. The van der Waals surface area contributed by atoms with Gasteiger partial charge in [0.25, 0.3) is 0 Å². The lowest BCUT2D eigenvalue weighted by molar-refractivity contribution is -0.122. The molecule has 0 aromatic carbocycles. The summed E-state index contributed by atoms with van der Waals surface area (Å²) in [5.41, 5.74) is 7.54. The Morgan fingerprint density at radius 2 is 2.39 bits per heavy atom. The van der Waals surface area contributed by atoms with Crippen molar-refractivity contribution in [2.24, 2.45) is 17.5 Å². The molecule has 0 radical (unpaired) electrons. The summed E-state index contributed by atoms with van der Waals surface area (Å²) < 4.78 is 13.7. The molecule has 1 amide bonds. The van der Waals surface area contributed by atoms with Crippen LogP contribution < -0.4 is 21.9 Å². The zero-order valence-corrected chi connectivity index (χ0v) is 9.77. The molecule has 5 N–H and O–H groups in total. The molecule has 1 aromatic heterocycles. The van der Waals surface area contributed by atoms with Crippen LogP contribution in [0.5, 0.6) is 0 Å². The number of nitrogens with zero attached hydrogens (tertiary/aromatic N) is 3. The van der Waals surface area contributed by atoms with Gasteiger partial charge in [-0.15, -0.1) is 0 Å². The average molecular weight is 254 g/mol. The van der Waals surface area contributed by atoms with Gasteiger partial charge in [-0.2, -0.15) is 4.98 Å². The van der Waals surface area contributed by atoms with Gasteiger partial charge in [0.15, 0.2) is 11.6 Å². The highest BCUT2D eigenvalue weighted by Gasteiger charge is 2.26. The Bertz CT molecular complexity index is 454. The number of nitrogen functional groups attached to an aromatic ring is 1. The quantitative estimate of drug-likeness (QED) is 0.500. The molecule has 0 aliphatic carbocycles. The molecule has 2 heterocycles. The second-order valence-corrected chi connectivity index (χ2v) is 4.20. The predicted octanol–water partition coefficient (Wildman–Crippen LogP) is -0.397. The number of hydrazine groups is 1. The maximum absolute atomic E-state index is 13.7. The summed E-state index contributed by atoms with van der Waals surface area (Å²) in [7, 11) is 0. The van der Waals surface area contributed by atoms with E-state index in [2.05, 4.69) is 15.4 Å². The number of nitrogens with one attached hydrogen (secondary N) is 1. The van der Waals surface area contributed by atoms with E-state index in [1.165, 1.54) is 0 Å². The summed E-state index contributed by atoms with van der Waals surface area (Å²) in [6.45, 7) is 0.995. The van der Waals surface area contributed by atoms with E-state index in [9.17, 15) is 9.18 Å². The van der Waals surface area contributed by atoms with E-state index in [1.807, 2.05) is 0 Å². The standard InChI is InChI=1S/C10H15FN6O/c11-7-4-14-10(16-13)15-9(7)17-3-1-2-6(5-17)8(12)18/h4,6H,1-3,5,13H2,(H2,12,18)(H,14,15,16). The van der Waals surface area contributed by atoms with Crippen molar-refractivity contribution < 1.29 is 9.18 Å². The smallest absolute Gasteiger partial charge is 0.239 e. The third-order valence-corrected chi connectivity index (χ3v) is 2.98. The topological polar surface area (TPSA) is 110 Å². The summed E-state index contributed by atoms with van der Waals surface area (Å²) in [5, 5.41) is 0. The van der Waals surface area contributed by atoms with E-state index in [-0.39, 0.29) is 23.6 Å². The minimum absolute atomic E-state index is 0.132.